The van der Waals surface area contributed by atoms with Crippen LogP contribution < -0.4 is 0 Å². The normalized spacial score (nSPS) is 22.2. The average Bonchev–Trinajstić information content (AvgIpc) is 2.67. The lowest BCUT2D eigenvalue weighted by atomic mass is 10.1. The van der Waals surface area contributed by atoms with Gasteiger partial charge in [-0.2, -0.15) is 0 Å². The van der Waals surface area contributed by atoms with Crippen LogP contribution in [0.5, 0.6) is 0 Å². The van der Waals surface area contributed by atoms with Crippen LogP contribution in [0.25, 0.3) is 0 Å². The lowest BCUT2D eigenvalue weighted by Crippen LogP contribution is -2.34. The monoisotopic (exact) mass is 251 g/mol. The lowest BCUT2D eigenvalue weighted by molar-refractivity contribution is -0.137. The Bertz CT molecular complexity index is 340. The molecule has 0 aromatic heterocycles. The third-order valence-electron chi connectivity index (χ3n) is 2.71. The average molecular weight is 251 g/mol. The van der Waals surface area contributed by atoms with E-state index in [0.29, 0.717) is 19.5 Å². The molecule has 6 nitrogen and oxygen atoms in total. The topological polar surface area (TPSA) is 83.9 Å². The standard InChI is InChI=1S/C9H17NO5S/c1-15-9(12)7-16(13,14)10-4-2-8(6-10)3-5-11/h8,11H,2-7H2,1H3. The third kappa shape index (κ3) is 3.43. The first-order valence-electron chi connectivity index (χ1n) is 5.15. The number of carbonyl (C=O) groups is 1. The van der Waals surface area contributed by atoms with Gasteiger partial charge in [-0.3, -0.25) is 4.79 Å². The molecule has 7 heteroatoms. The van der Waals surface area contributed by atoms with Crippen molar-refractivity contribution in [2.24, 2.45) is 5.92 Å². The van der Waals surface area contributed by atoms with E-state index >= 15 is 0 Å². The van der Waals surface area contributed by atoms with Crippen LogP contribution >= 0.6 is 0 Å². The quantitative estimate of drug-likeness (QED) is 0.646. The summed E-state index contributed by atoms with van der Waals surface area (Å²) in [6, 6.07) is 0. The number of ether oxygens (including phenoxy) is 1. The number of nitrogens with zero attached hydrogens (tertiary/aromatic N) is 1. The molecule has 0 spiro atoms. The second-order valence-corrected chi connectivity index (χ2v) is 5.83. The summed E-state index contributed by atoms with van der Waals surface area (Å²) < 4.78 is 29.1. The highest BCUT2D eigenvalue weighted by Crippen LogP contribution is 2.22. The Labute approximate surface area is 95.2 Å². The van der Waals surface area contributed by atoms with Crippen LogP contribution in [-0.2, 0) is 19.6 Å². The molecule has 1 N–H and O–H groups in total. The Kier molecular flexibility index (Phi) is 4.69. The first-order chi connectivity index (χ1) is 7.49. The van der Waals surface area contributed by atoms with Gasteiger partial charge in [0.25, 0.3) is 0 Å². The summed E-state index contributed by atoms with van der Waals surface area (Å²) in [6.45, 7) is 0.874. The molecule has 0 bridgehead atoms. The molecular formula is C9H17NO5S. The van der Waals surface area contributed by atoms with Crippen molar-refractivity contribution in [3.63, 3.8) is 0 Å². The smallest absolute Gasteiger partial charge is 0.322 e. The van der Waals surface area contributed by atoms with Crippen LogP contribution in [0.2, 0.25) is 0 Å². The number of esters is 1. The van der Waals surface area contributed by atoms with E-state index in [1.165, 1.54) is 4.31 Å². The summed E-state index contributed by atoms with van der Waals surface area (Å²) in [7, 11) is -2.38. The van der Waals surface area contributed by atoms with E-state index in [2.05, 4.69) is 4.74 Å². The molecule has 1 atom stereocenters. The summed E-state index contributed by atoms with van der Waals surface area (Å²) in [5.74, 6) is -1.15. The third-order valence-corrected chi connectivity index (χ3v) is 4.43. The molecule has 1 rings (SSSR count). The van der Waals surface area contributed by atoms with Gasteiger partial charge in [-0.25, -0.2) is 12.7 Å². The maximum atomic E-state index is 11.7. The SMILES string of the molecule is COC(=O)CS(=O)(=O)N1CCC(CCO)C1. The predicted octanol–water partition coefficient (Wildman–Crippen LogP) is -0.806. The molecule has 1 unspecified atom stereocenters. The molecule has 0 radical (unpaired) electrons. The Morgan fingerprint density at radius 3 is 2.81 bits per heavy atom. The number of aliphatic hydroxyl groups is 1. The fourth-order valence-electron chi connectivity index (χ4n) is 1.77. The molecule has 1 aliphatic rings. The van der Waals surface area contributed by atoms with Gasteiger partial charge in [-0.1, -0.05) is 0 Å². The summed E-state index contributed by atoms with van der Waals surface area (Å²) in [5.41, 5.74) is 0. The van der Waals surface area contributed by atoms with E-state index in [9.17, 15) is 13.2 Å². The minimum atomic E-state index is -3.55. The fourth-order valence-corrected chi connectivity index (χ4v) is 3.19. The van der Waals surface area contributed by atoms with Crippen LogP contribution in [0.3, 0.4) is 0 Å². The minimum Gasteiger partial charge on any atom is -0.468 e. The zero-order valence-electron chi connectivity index (χ0n) is 9.26. The maximum Gasteiger partial charge on any atom is 0.322 e. The van der Waals surface area contributed by atoms with E-state index in [4.69, 9.17) is 5.11 Å². The molecule has 1 aliphatic heterocycles. The summed E-state index contributed by atoms with van der Waals surface area (Å²) >= 11 is 0. The number of carbonyl (C=O) groups excluding carboxylic acids is 1. The number of hydrogen-bond acceptors (Lipinski definition) is 5. The van der Waals surface area contributed by atoms with Crippen LogP contribution in [0.4, 0.5) is 0 Å². The van der Waals surface area contributed by atoms with Gasteiger partial charge in [0.1, 0.15) is 0 Å². The molecule has 1 fully saturated rings. The molecule has 0 amide bonds. The number of hydrogen-bond donors (Lipinski definition) is 1. The number of rotatable bonds is 5. The highest BCUT2D eigenvalue weighted by Gasteiger charge is 2.32. The van der Waals surface area contributed by atoms with Crippen molar-refractivity contribution in [3.05, 3.63) is 0 Å². The highest BCUT2D eigenvalue weighted by atomic mass is 32.2. The van der Waals surface area contributed by atoms with Gasteiger partial charge in [0.2, 0.25) is 10.0 Å². The number of sulfonamides is 1. The molecule has 16 heavy (non-hydrogen) atoms. The van der Waals surface area contributed by atoms with Gasteiger partial charge in [0.05, 0.1) is 7.11 Å². The van der Waals surface area contributed by atoms with Crippen LogP contribution in [0.15, 0.2) is 0 Å². The second kappa shape index (κ2) is 5.60. The van der Waals surface area contributed by atoms with Crippen molar-refractivity contribution in [1.29, 1.82) is 0 Å². The Hall–Kier alpha value is -0.660. The molecule has 1 saturated heterocycles. The van der Waals surface area contributed by atoms with Crippen molar-refractivity contribution in [1.82, 2.24) is 4.31 Å². The highest BCUT2D eigenvalue weighted by molar-refractivity contribution is 7.89. The van der Waals surface area contributed by atoms with Crippen LogP contribution in [-0.4, -0.2) is 56.4 Å². The summed E-state index contributed by atoms with van der Waals surface area (Å²) in [4.78, 5) is 10.9. The zero-order valence-corrected chi connectivity index (χ0v) is 10.1. The molecule has 0 aromatic carbocycles. The first kappa shape index (κ1) is 13.4. The van der Waals surface area contributed by atoms with Crippen LogP contribution in [0.1, 0.15) is 12.8 Å². The first-order valence-corrected chi connectivity index (χ1v) is 6.76. The molecule has 0 aromatic rings. The fraction of sp³-hybridized carbons (Fsp3) is 0.889. The largest absolute Gasteiger partial charge is 0.468 e. The van der Waals surface area contributed by atoms with E-state index in [1.54, 1.807) is 0 Å². The molecule has 0 saturated carbocycles. The van der Waals surface area contributed by atoms with E-state index in [0.717, 1.165) is 13.5 Å². The van der Waals surface area contributed by atoms with Gasteiger partial charge in [-0.15, -0.1) is 0 Å². The Morgan fingerprint density at radius 1 is 1.56 bits per heavy atom. The van der Waals surface area contributed by atoms with Gasteiger partial charge in [-0.05, 0) is 18.8 Å². The van der Waals surface area contributed by atoms with Crippen molar-refractivity contribution in [2.75, 3.05) is 32.6 Å². The Balaban J connectivity index is 2.55. The zero-order chi connectivity index (χ0) is 12.2. The molecule has 94 valence electrons. The lowest BCUT2D eigenvalue weighted by Gasteiger charge is -2.15. The van der Waals surface area contributed by atoms with Gasteiger partial charge < -0.3 is 9.84 Å². The van der Waals surface area contributed by atoms with Crippen LogP contribution in [0, 0.1) is 5.92 Å². The van der Waals surface area contributed by atoms with Crippen molar-refractivity contribution in [2.45, 2.75) is 12.8 Å². The molecule has 1 heterocycles. The minimum absolute atomic E-state index is 0.0650. The Morgan fingerprint density at radius 2 is 2.25 bits per heavy atom. The van der Waals surface area contributed by atoms with E-state index in [-0.39, 0.29) is 12.5 Å². The second-order valence-electron chi connectivity index (χ2n) is 3.86. The number of methoxy groups -OCH3 is 1. The van der Waals surface area contributed by atoms with Crippen molar-refractivity contribution >= 4 is 16.0 Å². The maximum absolute atomic E-state index is 11.7. The van der Waals surface area contributed by atoms with Gasteiger partial charge in [0.15, 0.2) is 5.75 Å². The van der Waals surface area contributed by atoms with Crippen molar-refractivity contribution in [3.8, 4) is 0 Å². The number of aliphatic hydroxyl groups excluding tert-OH is 1. The van der Waals surface area contributed by atoms with Gasteiger partial charge >= 0.3 is 5.97 Å². The summed E-state index contributed by atoms with van der Waals surface area (Å²) in [6.07, 6.45) is 1.34. The predicted molar refractivity (Wildman–Crippen MR) is 57.2 cm³/mol. The van der Waals surface area contributed by atoms with Gasteiger partial charge in [0, 0.05) is 19.7 Å². The molecule has 0 aliphatic carbocycles. The van der Waals surface area contributed by atoms with E-state index < -0.39 is 21.7 Å². The summed E-state index contributed by atoms with van der Waals surface area (Å²) in [5, 5.41) is 8.76. The molecular weight excluding hydrogens is 234 g/mol. The van der Waals surface area contributed by atoms with E-state index in [1.807, 2.05) is 0 Å². The van der Waals surface area contributed by atoms with Crippen molar-refractivity contribution < 1.29 is 23.1 Å².